The second kappa shape index (κ2) is 15.5. The minimum atomic E-state index is -0.324. The number of aryl methyl sites for hydroxylation is 2. The highest BCUT2D eigenvalue weighted by atomic mass is 32.1. The third-order valence-electron chi connectivity index (χ3n) is 9.29. The number of esters is 1. The molecule has 6 aromatic rings. The molecular formula is C46H31N5O2S2. The van der Waals surface area contributed by atoms with Crippen molar-refractivity contribution in [2.24, 2.45) is 0 Å². The van der Waals surface area contributed by atoms with Gasteiger partial charge in [0.1, 0.15) is 35.4 Å². The van der Waals surface area contributed by atoms with Crippen LogP contribution < -0.4 is 4.90 Å². The molecule has 2 heterocycles. The van der Waals surface area contributed by atoms with Crippen molar-refractivity contribution in [2.45, 2.75) is 27.2 Å². The molecule has 0 atom stereocenters. The van der Waals surface area contributed by atoms with Gasteiger partial charge >= 0.3 is 5.97 Å². The largest absolute Gasteiger partial charge is 0.466 e. The Morgan fingerprint density at radius 2 is 1.20 bits per heavy atom. The maximum absolute atomic E-state index is 12.6. The number of carbonyl (C=O) groups is 1. The number of hydrogen-bond acceptors (Lipinski definition) is 9. The molecule has 2 aromatic heterocycles. The van der Waals surface area contributed by atoms with E-state index in [1.54, 1.807) is 31.2 Å². The molecule has 0 saturated carbocycles. The minimum absolute atomic E-state index is 0.107. The summed E-state index contributed by atoms with van der Waals surface area (Å²) >= 11 is 3.05. The Morgan fingerprint density at radius 1 is 0.709 bits per heavy atom. The Kier molecular flexibility index (Phi) is 10.3. The lowest BCUT2D eigenvalue weighted by molar-refractivity contribution is -0.142. The van der Waals surface area contributed by atoms with Gasteiger partial charge in [0, 0.05) is 43.3 Å². The third kappa shape index (κ3) is 6.95. The molecule has 0 N–H and O–H groups in total. The van der Waals surface area contributed by atoms with Crippen LogP contribution in [0.4, 0.5) is 17.1 Å². The summed E-state index contributed by atoms with van der Waals surface area (Å²) in [7, 11) is 0. The zero-order valence-electron chi connectivity index (χ0n) is 30.2. The molecule has 0 bridgehead atoms. The molecule has 55 heavy (non-hydrogen) atoms. The first-order valence-corrected chi connectivity index (χ1v) is 19.1. The second-order valence-corrected chi connectivity index (χ2v) is 15.0. The topological polar surface area (TPSA) is 125 Å². The molecule has 0 saturated heterocycles. The van der Waals surface area contributed by atoms with E-state index in [4.69, 9.17) is 4.74 Å². The van der Waals surface area contributed by atoms with Crippen molar-refractivity contribution in [3.63, 3.8) is 0 Å². The van der Waals surface area contributed by atoms with E-state index in [1.165, 1.54) is 33.8 Å². The zero-order valence-corrected chi connectivity index (χ0v) is 31.8. The van der Waals surface area contributed by atoms with Crippen molar-refractivity contribution >= 4 is 73.0 Å². The number of carbonyl (C=O) groups excluding carboxylic acids is 1. The van der Waals surface area contributed by atoms with Crippen LogP contribution in [0.1, 0.15) is 38.9 Å². The maximum Gasteiger partial charge on any atom is 0.311 e. The number of benzene rings is 4. The minimum Gasteiger partial charge on any atom is -0.466 e. The second-order valence-electron chi connectivity index (χ2n) is 12.8. The van der Waals surface area contributed by atoms with Gasteiger partial charge in [-0.25, -0.2) is 0 Å². The highest BCUT2D eigenvalue weighted by Gasteiger charge is 2.32. The fraction of sp³-hybridized carbons (Fsp3) is 0.109. The first kappa shape index (κ1) is 36.4. The van der Waals surface area contributed by atoms with Gasteiger partial charge in [0.25, 0.3) is 0 Å². The molecule has 0 fully saturated rings. The fourth-order valence-electron chi connectivity index (χ4n) is 6.76. The number of anilines is 3. The fourth-order valence-corrected chi connectivity index (χ4v) is 9.32. The number of ether oxygens (including phenoxy) is 1. The van der Waals surface area contributed by atoms with Crippen LogP contribution in [0.25, 0.3) is 37.7 Å². The molecule has 264 valence electrons. The highest BCUT2D eigenvalue weighted by molar-refractivity contribution is 7.27. The summed E-state index contributed by atoms with van der Waals surface area (Å²) in [6.45, 7) is 6.20. The van der Waals surface area contributed by atoms with Crippen molar-refractivity contribution in [3.8, 4) is 34.7 Å². The van der Waals surface area contributed by atoms with Crippen molar-refractivity contribution in [1.29, 1.82) is 21.0 Å². The molecule has 9 heteroatoms. The number of nitriles is 4. The molecular weight excluding hydrogens is 719 g/mol. The van der Waals surface area contributed by atoms with E-state index in [2.05, 4.69) is 91.5 Å². The number of fused-ring (bicyclic) bond motifs is 2. The lowest BCUT2D eigenvalue weighted by atomic mass is 9.96. The molecule has 0 spiro atoms. The predicted octanol–water partition coefficient (Wildman–Crippen LogP) is 11.5. The van der Waals surface area contributed by atoms with Crippen LogP contribution in [0, 0.1) is 59.2 Å². The summed E-state index contributed by atoms with van der Waals surface area (Å²) < 4.78 is 6.24. The van der Waals surface area contributed by atoms with Crippen LogP contribution in [0.15, 0.2) is 120 Å². The van der Waals surface area contributed by atoms with Gasteiger partial charge in [-0.3, -0.25) is 4.79 Å². The smallest absolute Gasteiger partial charge is 0.311 e. The Labute approximate surface area is 327 Å². The van der Waals surface area contributed by atoms with Gasteiger partial charge in [0.2, 0.25) is 0 Å². The van der Waals surface area contributed by atoms with E-state index in [1.807, 2.05) is 36.4 Å². The van der Waals surface area contributed by atoms with E-state index in [0.717, 1.165) is 47.3 Å². The standard InChI is InChI=1S/C46H31N5O2S2/c1-4-53-42(52)22-36-21-39-41(23-40-43(31(24-47)25-48)37-7-5-6-8-38(37)44(40)32(26-49)27-50)55-45(46(39)54-36)30-13-19-35(20-14-30)51(33-15-9-28(2)10-16-33)34-17-11-29(3)12-18-34/h5-21,23H,4,22H2,1-3H3. The van der Waals surface area contributed by atoms with Gasteiger partial charge in [0.05, 0.1) is 22.6 Å². The van der Waals surface area contributed by atoms with Crippen LogP contribution in [-0.2, 0) is 16.0 Å². The summed E-state index contributed by atoms with van der Waals surface area (Å²) in [5, 5.41) is 41.2. The van der Waals surface area contributed by atoms with Crippen molar-refractivity contribution in [3.05, 3.63) is 152 Å². The van der Waals surface area contributed by atoms with Crippen LogP contribution in [0.5, 0.6) is 0 Å². The SMILES string of the molecule is CCOC(=O)Cc1cc2c(C=C3C(=C(C#N)C#N)c4ccccc4C3=C(C#N)C#N)sc(-c3ccc(N(c4ccc(C)cc4)c4ccc(C)cc4)cc3)c2s1. The third-order valence-corrected chi connectivity index (χ3v) is 11.8. The predicted molar refractivity (Wildman–Crippen MR) is 220 cm³/mol. The molecule has 7 nitrogen and oxygen atoms in total. The van der Waals surface area contributed by atoms with Crippen LogP contribution in [0.3, 0.4) is 0 Å². The summed E-state index contributed by atoms with van der Waals surface area (Å²) in [6, 6.07) is 42.5. The van der Waals surface area contributed by atoms with Gasteiger partial charge < -0.3 is 9.64 Å². The van der Waals surface area contributed by atoms with Crippen molar-refractivity contribution in [1.82, 2.24) is 0 Å². The van der Waals surface area contributed by atoms with E-state index in [-0.39, 0.29) is 30.1 Å². The summed E-state index contributed by atoms with van der Waals surface area (Å²) in [5.74, 6) is -0.324. The van der Waals surface area contributed by atoms with Crippen LogP contribution in [-0.4, -0.2) is 12.6 Å². The molecule has 0 amide bonds. The maximum atomic E-state index is 12.6. The first-order chi connectivity index (χ1) is 26.8. The molecule has 0 radical (unpaired) electrons. The van der Waals surface area contributed by atoms with Gasteiger partial charge in [-0.05, 0) is 91.6 Å². The normalized spacial score (nSPS) is 11.6. The number of hydrogen-bond donors (Lipinski definition) is 0. The monoisotopic (exact) mass is 749 g/mol. The lowest BCUT2D eigenvalue weighted by Crippen LogP contribution is -2.09. The summed E-state index contributed by atoms with van der Waals surface area (Å²) in [6.07, 6.45) is 1.98. The van der Waals surface area contributed by atoms with E-state index >= 15 is 0 Å². The average Bonchev–Trinajstić information content (AvgIpc) is 3.86. The summed E-state index contributed by atoms with van der Waals surface area (Å²) in [4.78, 5) is 17.4. The van der Waals surface area contributed by atoms with Gasteiger partial charge in [-0.2, -0.15) is 21.0 Å². The molecule has 1 aliphatic rings. The molecule has 1 aliphatic carbocycles. The van der Waals surface area contributed by atoms with Crippen molar-refractivity contribution < 1.29 is 9.53 Å². The highest BCUT2D eigenvalue weighted by Crippen LogP contribution is 2.51. The van der Waals surface area contributed by atoms with Crippen LogP contribution >= 0.6 is 22.7 Å². The number of allylic oxidation sites excluding steroid dienone is 5. The molecule has 0 aliphatic heterocycles. The Hall–Kier alpha value is -7.01. The molecule has 4 aromatic carbocycles. The van der Waals surface area contributed by atoms with Gasteiger partial charge in [-0.1, -0.05) is 71.8 Å². The number of nitrogens with zero attached hydrogens (tertiary/aromatic N) is 5. The van der Waals surface area contributed by atoms with E-state index < -0.39 is 0 Å². The molecule has 7 rings (SSSR count). The first-order valence-electron chi connectivity index (χ1n) is 17.4. The van der Waals surface area contributed by atoms with Crippen LogP contribution in [0.2, 0.25) is 0 Å². The Bertz CT molecular complexity index is 2610. The molecule has 0 unspecified atom stereocenters. The van der Waals surface area contributed by atoms with E-state index in [0.29, 0.717) is 27.8 Å². The zero-order chi connectivity index (χ0) is 38.6. The van der Waals surface area contributed by atoms with Gasteiger partial charge in [-0.15, -0.1) is 22.7 Å². The van der Waals surface area contributed by atoms with E-state index in [9.17, 15) is 25.8 Å². The average molecular weight is 750 g/mol. The Balaban J connectivity index is 1.42. The van der Waals surface area contributed by atoms with Gasteiger partial charge in [0.15, 0.2) is 0 Å². The number of rotatable bonds is 8. The lowest BCUT2D eigenvalue weighted by Gasteiger charge is -2.26. The number of thiophene rings is 2. The Morgan fingerprint density at radius 3 is 1.67 bits per heavy atom. The quantitative estimate of drug-likeness (QED) is 0.112. The summed E-state index contributed by atoms with van der Waals surface area (Å²) in [5.41, 5.74) is 8.54. The van der Waals surface area contributed by atoms with Crippen molar-refractivity contribution in [2.75, 3.05) is 11.5 Å².